The van der Waals surface area contributed by atoms with Crippen molar-refractivity contribution >= 4 is 56.3 Å². The molecule has 30 heavy (non-hydrogen) atoms. The minimum atomic E-state index is -1.60. The standard InChI is InChI=1S/C18H18BrClN6O4/c1-8-12(30-17(27)23-10-5-3-9(19)4-6-10)18(2,28)15(29-8)26-7-22-11-13(21)24-16(20)25-14(11)26/h3-8,12,15,28H,1-2H3,(H,23,27)(H2,21,24,25)/t8-,12-,15-,18-/m1/s1. The van der Waals surface area contributed by atoms with Gasteiger partial charge >= 0.3 is 6.09 Å². The molecule has 1 fully saturated rings. The summed E-state index contributed by atoms with van der Waals surface area (Å²) in [6.07, 6.45) is -1.84. The second-order valence-corrected chi connectivity index (χ2v) is 8.33. The van der Waals surface area contributed by atoms with Crippen molar-refractivity contribution in [2.24, 2.45) is 0 Å². The molecule has 1 aliphatic rings. The largest absolute Gasteiger partial charge is 0.440 e. The number of aromatic nitrogens is 4. The number of hydrogen-bond donors (Lipinski definition) is 3. The number of rotatable bonds is 3. The van der Waals surface area contributed by atoms with E-state index in [1.807, 2.05) is 0 Å². The molecule has 10 nitrogen and oxygen atoms in total. The summed E-state index contributed by atoms with van der Waals surface area (Å²) in [6, 6.07) is 7.00. The van der Waals surface area contributed by atoms with Crippen LogP contribution in [0.3, 0.4) is 0 Å². The molecule has 1 aromatic carbocycles. The van der Waals surface area contributed by atoms with E-state index in [-0.39, 0.29) is 11.1 Å². The van der Waals surface area contributed by atoms with Gasteiger partial charge in [-0.25, -0.2) is 9.78 Å². The Labute approximate surface area is 184 Å². The molecule has 0 bridgehead atoms. The first kappa shape index (κ1) is 20.8. The number of hydrogen-bond acceptors (Lipinski definition) is 8. The molecule has 4 atom stereocenters. The van der Waals surface area contributed by atoms with Crippen molar-refractivity contribution in [3.63, 3.8) is 0 Å². The number of nitrogens with one attached hydrogen (secondary N) is 1. The highest BCUT2D eigenvalue weighted by Crippen LogP contribution is 2.41. The van der Waals surface area contributed by atoms with Crippen LogP contribution in [0, 0.1) is 0 Å². The van der Waals surface area contributed by atoms with Gasteiger partial charge in [0, 0.05) is 10.2 Å². The highest BCUT2D eigenvalue weighted by Gasteiger charge is 2.55. The van der Waals surface area contributed by atoms with E-state index >= 15 is 0 Å². The first-order chi connectivity index (χ1) is 14.2. The number of ether oxygens (including phenoxy) is 2. The average Bonchev–Trinajstić information content (AvgIpc) is 3.17. The van der Waals surface area contributed by atoms with E-state index < -0.39 is 30.1 Å². The minimum absolute atomic E-state index is 0.0610. The topological polar surface area (TPSA) is 137 Å². The van der Waals surface area contributed by atoms with Crippen molar-refractivity contribution in [3.8, 4) is 0 Å². The van der Waals surface area contributed by atoms with Gasteiger partial charge in [0.2, 0.25) is 5.28 Å². The van der Waals surface area contributed by atoms with Crippen LogP contribution in [0.25, 0.3) is 11.2 Å². The third-order valence-corrected chi connectivity index (χ3v) is 5.54. The fourth-order valence-electron chi connectivity index (χ4n) is 3.47. The fourth-order valence-corrected chi connectivity index (χ4v) is 3.90. The summed E-state index contributed by atoms with van der Waals surface area (Å²) >= 11 is 9.25. The van der Waals surface area contributed by atoms with Crippen LogP contribution in [0.1, 0.15) is 20.1 Å². The Morgan fingerprint density at radius 3 is 2.80 bits per heavy atom. The van der Waals surface area contributed by atoms with Crippen LogP contribution >= 0.6 is 27.5 Å². The number of imidazole rings is 1. The molecule has 0 unspecified atom stereocenters. The zero-order valence-corrected chi connectivity index (χ0v) is 18.3. The van der Waals surface area contributed by atoms with Crippen LogP contribution in [0.2, 0.25) is 5.28 Å². The Morgan fingerprint density at radius 2 is 2.10 bits per heavy atom. The van der Waals surface area contributed by atoms with Gasteiger partial charge < -0.3 is 20.3 Å². The Hall–Kier alpha value is -2.47. The Kier molecular flexibility index (Phi) is 5.30. The number of nitrogen functional groups attached to an aromatic ring is 1. The van der Waals surface area contributed by atoms with E-state index in [2.05, 4.69) is 36.2 Å². The van der Waals surface area contributed by atoms with Gasteiger partial charge in [-0.1, -0.05) is 15.9 Å². The summed E-state index contributed by atoms with van der Waals surface area (Å²) in [6.45, 7) is 3.21. The molecule has 12 heteroatoms. The summed E-state index contributed by atoms with van der Waals surface area (Å²) in [5.41, 5.74) is 5.41. The zero-order chi connectivity index (χ0) is 21.6. The number of benzene rings is 1. The van der Waals surface area contributed by atoms with E-state index in [9.17, 15) is 9.90 Å². The quantitative estimate of drug-likeness (QED) is 0.469. The van der Waals surface area contributed by atoms with Gasteiger partial charge in [0.25, 0.3) is 0 Å². The maximum absolute atomic E-state index is 12.4. The average molecular weight is 498 g/mol. The van der Waals surface area contributed by atoms with Gasteiger partial charge in [-0.15, -0.1) is 0 Å². The number of fused-ring (bicyclic) bond motifs is 1. The predicted molar refractivity (Wildman–Crippen MR) is 113 cm³/mol. The Balaban J connectivity index is 1.57. The lowest BCUT2D eigenvalue weighted by Crippen LogP contribution is -2.46. The lowest BCUT2D eigenvalue weighted by molar-refractivity contribution is -0.0940. The molecule has 158 valence electrons. The summed E-state index contributed by atoms with van der Waals surface area (Å²) in [5.74, 6) is 0.108. The SMILES string of the molecule is C[C@H]1O[C@@H](n2cnc3c(N)nc(Cl)nc32)[C@](C)(O)[C@@H]1OC(=O)Nc1ccc(Br)cc1. The highest BCUT2D eigenvalue weighted by atomic mass is 79.9. The van der Waals surface area contributed by atoms with Gasteiger partial charge in [-0.2, -0.15) is 9.97 Å². The molecule has 0 saturated carbocycles. The van der Waals surface area contributed by atoms with Gasteiger partial charge in [-0.3, -0.25) is 9.88 Å². The Bertz CT molecular complexity index is 1110. The second-order valence-electron chi connectivity index (χ2n) is 7.08. The first-order valence-electron chi connectivity index (χ1n) is 8.93. The molecule has 2 aromatic heterocycles. The van der Waals surface area contributed by atoms with Crippen LogP contribution in [0.5, 0.6) is 0 Å². The molecule has 0 spiro atoms. The van der Waals surface area contributed by atoms with Crippen LogP contribution in [-0.2, 0) is 9.47 Å². The van der Waals surface area contributed by atoms with Crippen LogP contribution in [-0.4, -0.2) is 48.5 Å². The number of carbonyl (C=O) groups is 1. The van der Waals surface area contributed by atoms with Gasteiger partial charge in [-0.05, 0) is 49.7 Å². The number of carbonyl (C=O) groups excluding carboxylic acids is 1. The third-order valence-electron chi connectivity index (χ3n) is 4.84. The molecule has 1 aliphatic heterocycles. The van der Waals surface area contributed by atoms with Crippen molar-refractivity contribution in [1.29, 1.82) is 0 Å². The van der Waals surface area contributed by atoms with E-state index in [0.29, 0.717) is 16.9 Å². The maximum atomic E-state index is 12.4. The summed E-state index contributed by atoms with van der Waals surface area (Å²) in [7, 11) is 0. The number of nitrogens with two attached hydrogens (primary N) is 1. The second kappa shape index (κ2) is 7.65. The summed E-state index contributed by atoms with van der Waals surface area (Å²) in [4.78, 5) is 24.6. The van der Waals surface area contributed by atoms with Crippen molar-refractivity contribution in [3.05, 3.63) is 40.3 Å². The van der Waals surface area contributed by atoms with Gasteiger partial charge in [0.15, 0.2) is 23.8 Å². The first-order valence-corrected chi connectivity index (χ1v) is 10.1. The van der Waals surface area contributed by atoms with Gasteiger partial charge in [0.05, 0.1) is 12.4 Å². The van der Waals surface area contributed by atoms with Crippen molar-refractivity contribution in [1.82, 2.24) is 19.5 Å². The lowest BCUT2D eigenvalue weighted by Gasteiger charge is -2.29. The number of nitrogens with zero attached hydrogens (tertiary/aromatic N) is 4. The normalized spacial score (nSPS) is 26.1. The molecule has 4 N–H and O–H groups in total. The van der Waals surface area contributed by atoms with Crippen LogP contribution in [0.15, 0.2) is 35.1 Å². The number of aliphatic hydroxyl groups is 1. The molecule has 0 radical (unpaired) electrons. The summed E-state index contributed by atoms with van der Waals surface area (Å²) < 4.78 is 13.8. The molecular formula is C18H18BrClN6O4. The van der Waals surface area contributed by atoms with E-state index in [1.165, 1.54) is 17.8 Å². The van der Waals surface area contributed by atoms with Crippen molar-refractivity contribution in [2.45, 2.75) is 37.9 Å². The summed E-state index contributed by atoms with van der Waals surface area (Å²) in [5, 5.41) is 13.8. The van der Waals surface area contributed by atoms with Crippen LogP contribution in [0.4, 0.5) is 16.3 Å². The lowest BCUT2D eigenvalue weighted by atomic mass is 9.96. The fraction of sp³-hybridized carbons (Fsp3) is 0.333. The molecular weight excluding hydrogens is 480 g/mol. The zero-order valence-electron chi connectivity index (χ0n) is 15.9. The monoisotopic (exact) mass is 496 g/mol. The molecule has 1 amide bonds. The van der Waals surface area contributed by atoms with Crippen molar-refractivity contribution < 1.29 is 19.4 Å². The molecule has 3 aromatic rings. The number of halogens is 2. The third kappa shape index (κ3) is 3.69. The molecule has 4 rings (SSSR count). The smallest absolute Gasteiger partial charge is 0.412 e. The predicted octanol–water partition coefficient (Wildman–Crippen LogP) is 3.11. The minimum Gasteiger partial charge on any atom is -0.440 e. The molecule has 3 heterocycles. The Morgan fingerprint density at radius 1 is 1.40 bits per heavy atom. The van der Waals surface area contributed by atoms with E-state index in [1.54, 1.807) is 31.2 Å². The maximum Gasteiger partial charge on any atom is 0.412 e. The number of amides is 1. The van der Waals surface area contributed by atoms with Gasteiger partial charge in [0.1, 0.15) is 11.1 Å². The van der Waals surface area contributed by atoms with E-state index in [4.69, 9.17) is 26.8 Å². The molecule has 0 aliphatic carbocycles. The van der Waals surface area contributed by atoms with E-state index in [0.717, 1.165) is 4.47 Å². The highest BCUT2D eigenvalue weighted by molar-refractivity contribution is 9.10. The number of anilines is 2. The van der Waals surface area contributed by atoms with Crippen LogP contribution < -0.4 is 11.1 Å². The van der Waals surface area contributed by atoms with Crippen molar-refractivity contribution in [2.75, 3.05) is 11.1 Å². The molecule has 1 saturated heterocycles.